The summed E-state index contributed by atoms with van der Waals surface area (Å²) in [6.07, 6.45) is 14.9. The summed E-state index contributed by atoms with van der Waals surface area (Å²) < 4.78 is 64.2. The first-order valence-corrected chi connectivity index (χ1v) is 56.0. The second kappa shape index (κ2) is 32.3. The minimum atomic E-state index is -0.713. The van der Waals surface area contributed by atoms with E-state index in [1.807, 2.05) is 107 Å². The molecule has 0 aromatic rings. The van der Waals surface area contributed by atoms with Gasteiger partial charge in [0.1, 0.15) is 19.8 Å². The number of ether oxygens (including phenoxy) is 11. The first-order valence-electron chi connectivity index (χ1n) is 47.5. The van der Waals surface area contributed by atoms with Crippen molar-refractivity contribution < 1.29 is 95.3 Å². The second-order valence-electron chi connectivity index (χ2n) is 45.5. The maximum absolute atomic E-state index is 13.4. The maximum Gasteiger partial charge on any atom is 0.312 e. The fraction of sp³-hybridized carbons (Fsp3) is 0.904. The number of hydrogen-bond donors (Lipinski definition) is 0. The molecule has 0 amide bonds. The monoisotopic (exact) mass is 1860 g/mol. The van der Waals surface area contributed by atoms with Crippen molar-refractivity contribution in [3.8, 4) is 0 Å². The zero-order chi connectivity index (χ0) is 85.2. The van der Waals surface area contributed by atoms with Gasteiger partial charge in [-0.05, 0) is 179 Å². The Bertz CT molecular complexity index is 3880. The van der Waals surface area contributed by atoms with Crippen molar-refractivity contribution in [1.82, 2.24) is 0 Å². The fourth-order valence-electron chi connectivity index (χ4n) is 27.8. The van der Waals surface area contributed by atoms with Gasteiger partial charge >= 0.3 is 53.7 Å². The molecule has 14 bridgehead atoms. The number of hydrogen-bond acceptors (Lipinski definition) is 29. The van der Waals surface area contributed by atoms with Gasteiger partial charge in [0.15, 0.2) is 0 Å². The number of carbonyl (C=O) groups excluding carboxylic acids is 9. The van der Waals surface area contributed by atoms with Gasteiger partial charge in [-0.15, -0.1) is 23.5 Å². The van der Waals surface area contributed by atoms with E-state index in [9.17, 15) is 43.2 Å². The largest absolute Gasteiger partial charge is 0.465 e. The number of rotatable bonds is 28. The molecule has 25 fully saturated rings. The van der Waals surface area contributed by atoms with Crippen LogP contribution in [0.25, 0.3) is 0 Å². The van der Waals surface area contributed by atoms with Crippen molar-refractivity contribution >= 4 is 160 Å². The molecule has 0 aromatic carbocycles. The standard InChI is InChI=1S/C29H40O6S3.C23H32O4S2.C21H28O6S2.C21H28O4S2/c1-3-29(11-33-26(30)15-4-6-19-21(8-15)36-19,12-34-27(31)16-5-7-20-22(9-16)37-20)13-35-28(32)23-14(2)17-10-18(23)25-24(17)38-25;1-9-11-5-13(19-17(11)28-19)15(9)21(24)26-7-23(3,4)8-27-22(25)16-10(2)12-6-14(16)20-18(12)29-20;1-7-9(13-17-15(28-17)11(7)26-13)19(22)24-5-21(3,4)6-25-20(23)10-8(2)12-16-18(29-16)14(10)27-12;1-21(2,7-24-19(22)13-5-9-3-11(13)17-15(9)26-17)8-25-20(23)14-6-10-4-12(14)18-16(10)27-18/h14-25H,3-13H2,1-2H3;9-20H,5-8H2,1-4H3;7-18H,5-6H2,1-4H3;9-18H,3-8H2,1-2H3. The van der Waals surface area contributed by atoms with Gasteiger partial charge in [-0.2, -0.15) is 82.3 Å². The van der Waals surface area contributed by atoms with Crippen molar-refractivity contribution in [2.45, 2.75) is 292 Å². The van der Waals surface area contributed by atoms with Gasteiger partial charge in [0.05, 0.1) is 123 Å². The highest BCUT2D eigenvalue weighted by molar-refractivity contribution is 8.09. The lowest BCUT2D eigenvalue weighted by molar-refractivity contribution is -0.170. The average molecular weight is 1870 g/mol. The Morgan fingerprint density at radius 1 is 0.268 bits per heavy atom. The molecule has 12 saturated carbocycles. The average Bonchev–Trinajstić information content (AvgIpc) is 1.54. The summed E-state index contributed by atoms with van der Waals surface area (Å²) in [5, 5.41) is 12.6. The molecule has 13 saturated heterocycles. The van der Waals surface area contributed by atoms with Gasteiger partial charge < -0.3 is 52.1 Å². The SMILES string of the molecule is CC(C)(COC(=O)C1CC2CC1C1SC21)COC(=O)C1CC2CC1C1SC21.CC1C2CC(C3SC23)C1C(=O)OCC(C)(C)COC(=O)C1C(C)C2CC1C1SC21.CC1C2OC(C3SC23)C1C(=O)OCC(C)(C)COC(=O)C1C(C)C2OC1C1SC21.CCC(COC(=O)C1CCC2SC2C1)(COC(=O)C1CCC2SC2C1)COC(=O)C1C(C)C2CC1C1SC21. The topological polar surface area (TPSA) is 255 Å². The predicted molar refractivity (Wildman–Crippen MR) is 479 cm³/mol. The van der Waals surface area contributed by atoms with E-state index < -0.39 is 10.8 Å². The van der Waals surface area contributed by atoms with Crippen molar-refractivity contribution in [3.63, 3.8) is 0 Å². The van der Waals surface area contributed by atoms with E-state index in [2.05, 4.69) is 81.7 Å². The van der Waals surface area contributed by atoms with E-state index in [0.29, 0.717) is 123 Å². The van der Waals surface area contributed by atoms with Gasteiger partial charge in [0.25, 0.3) is 0 Å². The molecule has 0 N–H and O–H groups in total. The van der Waals surface area contributed by atoms with Crippen LogP contribution in [0.2, 0.25) is 0 Å². The highest BCUT2D eigenvalue weighted by atomic mass is 32.2. The van der Waals surface area contributed by atoms with Crippen molar-refractivity contribution in [3.05, 3.63) is 0 Å². The molecule has 29 heteroatoms. The zero-order valence-electron chi connectivity index (χ0n) is 73.2. The first kappa shape index (κ1) is 86.7. The summed E-state index contributed by atoms with van der Waals surface area (Å²) in [6, 6.07) is 0. The maximum atomic E-state index is 13.4. The summed E-state index contributed by atoms with van der Waals surface area (Å²) in [6.45, 7) is 27.1. The summed E-state index contributed by atoms with van der Waals surface area (Å²) in [5.41, 5.74) is -1.81. The van der Waals surface area contributed by atoms with E-state index >= 15 is 0 Å². The number of fused-ring (bicyclic) bond motifs is 37. The van der Waals surface area contributed by atoms with Crippen LogP contribution in [0.4, 0.5) is 0 Å². The molecule has 0 aromatic heterocycles. The smallest absolute Gasteiger partial charge is 0.312 e. The Morgan fingerprint density at radius 2 is 0.553 bits per heavy atom. The Labute approximate surface area is 763 Å². The molecule has 46 unspecified atom stereocenters. The Balaban J connectivity index is 0.0000000986. The lowest BCUT2D eigenvalue weighted by Gasteiger charge is -2.34. The molecule has 12 aliphatic carbocycles. The third-order valence-corrected chi connectivity index (χ3v) is 49.5. The molecule has 20 nitrogen and oxygen atoms in total. The van der Waals surface area contributed by atoms with Crippen LogP contribution in [0, 0.1) is 164 Å². The molecule has 678 valence electrons. The number of esters is 9. The lowest BCUT2D eigenvalue weighted by atomic mass is 9.80. The summed E-state index contributed by atoms with van der Waals surface area (Å²) in [7, 11) is 0. The molecule has 25 rings (SSSR count). The predicted octanol–water partition coefficient (Wildman–Crippen LogP) is 14.4. The minimum Gasteiger partial charge on any atom is -0.465 e. The van der Waals surface area contributed by atoms with Gasteiger partial charge in [-0.25, -0.2) is 0 Å². The van der Waals surface area contributed by atoms with Crippen molar-refractivity contribution in [1.29, 1.82) is 0 Å². The van der Waals surface area contributed by atoms with Gasteiger partial charge in [-0.3, -0.25) is 43.2 Å². The number of thioether (sulfide) groups is 9. The van der Waals surface area contributed by atoms with E-state index in [1.54, 1.807) is 0 Å². The Morgan fingerprint density at radius 3 is 0.862 bits per heavy atom. The fourth-order valence-corrected chi connectivity index (χ4v) is 41.6. The molecular weight excluding hydrogens is 1740 g/mol. The third kappa shape index (κ3) is 16.1. The van der Waals surface area contributed by atoms with Crippen LogP contribution in [0.1, 0.15) is 173 Å². The third-order valence-electron chi connectivity index (χ3n) is 35.7. The molecule has 0 radical (unpaired) electrons. The summed E-state index contributed by atoms with van der Waals surface area (Å²) >= 11 is 18.1. The van der Waals surface area contributed by atoms with Crippen molar-refractivity contribution in [2.75, 3.05) is 59.5 Å². The highest BCUT2D eigenvalue weighted by Crippen LogP contribution is 2.74. The second-order valence-corrected chi connectivity index (χ2v) is 58.0. The van der Waals surface area contributed by atoms with Crippen LogP contribution in [-0.2, 0) is 95.3 Å². The lowest BCUT2D eigenvalue weighted by Crippen LogP contribution is -2.42. The van der Waals surface area contributed by atoms with Gasteiger partial charge in [0, 0.05) is 111 Å². The molecule has 13 heterocycles. The molecule has 123 heavy (non-hydrogen) atoms. The number of carbonyl (C=O) groups is 9. The van der Waals surface area contributed by atoms with Crippen LogP contribution in [-0.4, -0.2) is 232 Å². The minimum absolute atomic E-state index is 0.0156. The molecule has 46 atom stereocenters. The van der Waals surface area contributed by atoms with Gasteiger partial charge in [0.2, 0.25) is 0 Å². The van der Waals surface area contributed by atoms with E-state index in [1.165, 1.54) is 25.7 Å². The Kier molecular flexibility index (Phi) is 22.8. The van der Waals surface area contributed by atoms with Crippen LogP contribution < -0.4 is 0 Å². The summed E-state index contributed by atoms with van der Waals surface area (Å²) in [5.74, 6) is 7.02. The normalized spacial score (nSPS) is 50.3. The van der Waals surface area contributed by atoms with E-state index in [-0.39, 0.29) is 187 Å². The van der Waals surface area contributed by atoms with Crippen LogP contribution in [0.5, 0.6) is 0 Å². The van der Waals surface area contributed by atoms with E-state index in [4.69, 9.17) is 52.1 Å². The van der Waals surface area contributed by atoms with Gasteiger partial charge in [-0.1, -0.05) is 83.1 Å². The van der Waals surface area contributed by atoms with Crippen LogP contribution in [0.15, 0.2) is 0 Å². The summed E-state index contributed by atoms with van der Waals surface area (Å²) in [4.78, 5) is 116. The molecular formula is C94H128O20S9. The molecule has 0 spiro atoms. The van der Waals surface area contributed by atoms with E-state index in [0.717, 1.165) is 139 Å². The molecule has 13 aliphatic heterocycles. The van der Waals surface area contributed by atoms with Crippen LogP contribution >= 0.6 is 106 Å². The quantitative estimate of drug-likeness (QED) is 0.0401. The molecule has 25 aliphatic rings. The highest BCUT2D eigenvalue weighted by Gasteiger charge is 2.74. The Hall–Kier alpha value is -1.70. The van der Waals surface area contributed by atoms with Crippen LogP contribution in [0.3, 0.4) is 0 Å². The van der Waals surface area contributed by atoms with Crippen molar-refractivity contribution in [2.24, 2.45) is 164 Å². The first-order chi connectivity index (χ1) is 58.8. The zero-order valence-corrected chi connectivity index (χ0v) is 80.5.